The first-order chi connectivity index (χ1) is 9.90. The summed E-state index contributed by atoms with van der Waals surface area (Å²) in [6, 6.07) is 9.89. The lowest BCUT2D eigenvalue weighted by Crippen LogP contribution is -2.04. The van der Waals surface area contributed by atoms with Gasteiger partial charge in [0, 0.05) is 17.1 Å². The first kappa shape index (κ1) is 15.7. The molecule has 0 radical (unpaired) electrons. The van der Waals surface area contributed by atoms with E-state index in [0.29, 0.717) is 17.3 Å². The van der Waals surface area contributed by atoms with E-state index in [1.807, 2.05) is 6.07 Å². The second-order valence-corrected chi connectivity index (χ2v) is 4.85. The second-order valence-electron chi connectivity index (χ2n) is 4.44. The fraction of sp³-hybridized carbons (Fsp3) is 0.200. The van der Waals surface area contributed by atoms with Crippen molar-refractivity contribution in [1.82, 2.24) is 0 Å². The highest BCUT2D eigenvalue weighted by molar-refractivity contribution is 6.31. The number of rotatable bonds is 4. The third-order valence-electron chi connectivity index (χ3n) is 2.93. The van der Waals surface area contributed by atoms with E-state index in [-0.39, 0.29) is 6.61 Å². The Hall–Kier alpha value is -1.72. The van der Waals surface area contributed by atoms with E-state index in [0.717, 1.165) is 23.3 Å². The van der Waals surface area contributed by atoms with Gasteiger partial charge >= 0.3 is 6.18 Å². The lowest BCUT2D eigenvalue weighted by Gasteiger charge is -2.10. The summed E-state index contributed by atoms with van der Waals surface area (Å²) in [5.74, 6) is 0.349. The Bertz CT molecular complexity index is 611. The Kier molecular flexibility index (Phi) is 4.75. The first-order valence-electron chi connectivity index (χ1n) is 6.17. The first-order valence-corrected chi connectivity index (χ1v) is 6.55. The van der Waals surface area contributed by atoms with Crippen molar-refractivity contribution in [3.63, 3.8) is 0 Å². The monoisotopic (exact) mass is 315 g/mol. The molecule has 0 aromatic heterocycles. The van der Waals surface area contributed by atoms with Crippen LogP contribution in [-0.4, -0.2) is 0 Å². The Morgan fingerprint density at radius 1 is 1.05 bits per heavy atom. The van der Waals surface area contributed by atoms with Gasteiger partial charge in [0.2, 0.25) is 0 Å². The molecule has 2 rings (SSSR count). The van der Waals surface area contributed by atoms with Gasteiger partial charge in [-0.15, -0.1) is 0 Å². The molecule has 0 saturated heterocycles. The molecule has 0 heterocycles. The fourth-order valence-electron chi connectivity index (χ4n) is 1.74. The van der Waals surface area contributed by atoms with Crippen molar-refractivity contribution >= 4 is 11.6 Å². The maximum Gasteiger partial charge on any atom is 0.416 e. The minimum absolute atomic E-state index is 0.176. The Morgan fingerprint density at radius 2 is 1.71 bits per heavy atom. The summed E-state index contributed by atoms with van der Waals surface area (Å²) < 4.78 is 42.7. The van der Waals surface area contributed by atoms with Gasteiger partial charge in [0.05, 0.1) is 5.56 Å². The number of ether oxygens (including phenoxy) is 1. The molecule has 0 spiro atoms. The van der Waals surface area contributed by atoms with Crippen molar-refractivity contribution < 1.29 is 17.9 Å². The smallest absolute Gasteiger partial charge is 0.416 e. The van der Waals surface area contributed by atoms with Crippen LogP contribution in [0.25, 0.3) is 0 Å². The third kappa shape index (κ3) is 4.12. The molecule has 6 heteroatoms. The van der Waals surface area contributed by atoms with E-state index in [9.17, 15) is 13.2 Å². The van der Waals surface area contributed by atoms with E-state index in [2.05, 4.69) is 0 Å². The Morgan fingerprint density at radius 3 is 2.24 bits per heavy atom. The van der Waals surface area contributed by atoms with Crippen LogP contribution >= 0.6 is 11.6 Å². The standard InChI is InChI=1S/C15H13ClF3NO/c16-14-7-10(8-20)1-2-11(14)9-21-13-5-3-12(4-6-13)15(17,18)19/h1-7H,8-9,20H2. The SMILES string of the molecule is NCc1ccc(COc2ccc(C(F)(F)F)cc2)c(Cl)c1. The van der Waals surface area contributed by atoms with E-state index < -0.39 is 11.7 Å². The number of hydrogen-bond donors (Lipinski definition) is 1. The van der Waals surface area contributed by atoms with Crippen LogP contribution in [0.2, 0.25) is 5.02 Å². The maximum atomic E-state index is 12.4. The van der Waals surface area contributed by atoms with Gasteiger partial charge < -0.3 is 10.5 Å². The molecule has 2 nitrogen and oxygen atoms in total. The molecule has 0 aliphatic carbocycles. The van der Waals surface area contributed by atoms with Crippen LogP contribution in [0.3, 0.4) is 0 Å². The molecule has 0 atom stereocenters. The summed E-state index contributed by atoms with van der Waals surface area (Å²) >= 11 is 6.08. The van der Waals surface area contributed by atoms with Gasteiger partial charge in [0.1, 0.15) is 12.4 Å². The van der Waals surface area contributed by atoms with Gasteiger partial charge in [-0.05, 0) is 35.9 Å². The molecule has 112 valence electrons. The average molecular weight is 316 g/mol. The molecule has 21 heavy (non-hydrogen) atoms. The highest BCUT2D eigenvalue weighted by atomic mass is 35.5. The predicted octanol–water partition coefficient (Wildman–Crippen LogP) is 4.40. The van der Waals surface area contributed by atoms with Crippen molar-refractivity contribution in [3.05, 3.63) is 64.2 Å². The summed E-state index contributed by atoms with van der Waals surface area (Å²) in [4.78, 5) is 0. The highest BCUT2D eigenvalue weighted by Gasteiger charge is 2.29. The maximum absolute atomic E-state index is 12.4. The summed E-state index contributed by atoms with van der Waals surface area (Å²) in [6.07, 6.45) is -4.35. The zero-order chi connectivity index (χ0) is 15.5. The van der Waals surface area contributed by atoms with Gasteiger partial charge in [-0.25, -0.2) is 0 Å². The number of halogens is 4. The minimum Gasteiger partial charge on any atom is -0.489 e. The van der Waals surface area contributed by atoms with Crippen LogP contribution in [0.4, 0.5) is 13.2 Å². The second kappa shape index (κ2) is 6.37. The summed E-state index contributed by atoms with van der Waals surface area (Å²) in [6.45, 7) is 0.564. The van der Waals surface area contributed by atoms with Gasteiger partial charge in [-0.3, -0.25) is 0 Å². The zero-order valence-electron chi connectivity index (χ0n) is 11.0. The molecular weight excluding hydrogens is 303 g/mol. The number of nitrogens with two attached hydrogens (primary N) is 1. The molecule has 0 saturated carbocycles. The Balaban J connectivity index is 2.03. The molecule has 0 aliphatic rings. The van der Waals surface area contributed by atoms with E-state index in [1.165, 1.54) is 12.1 Å². The minimum atomic E-state index is -4.35. The van der Waals surface area contributed by atoms with Crippen molar-refractivity contribution in [3.8, 4) is 5.75 Å². The summed E-state index contributed by atoms with van der Waals surface area (Å²) in [7, 11) is 0. The van der Waals surface area contributed by atoms with Crippen LogP contribution in [0.15, 0.2) is 42.5 Å². The summed E-state index contributed by atoms with van der Waals surface area (Å²) in [5, 5.41) is 0.518. The molecule has 0 bridgehead atoms. The lowest BCUT2D eigenvalue weighted by molar-refractivity contribution is -0.137. The molecule has 2 aromatic carbocycles. The van der Waals surface area contributed by atoms with Crippen LogP contribution in [-0.2, 0) is 19.3 Å². The van der Waals surface area contributed by atoms with E-state index in [4.69, 9.17) is 22.1 Å². The zero-order valence-corrected chi connectivity index (χ0v) is 11.7. The van der Waals surface area contributed by atoms with Crippen LogP contribution in [0, 0.1) is 0 Å². The van der Waals surface area contributed by atoms with Crippen molar-refractivity contribution in [2.75, 3.05) is 0 Å². The molecule has 0 aliphatic heterocycles. The fourth-order valence-corrected chi connectivity index (χ4v) is 1.99. The van der Waals surface area contributed by atoms with E-state index in [1.54, 1.807) is 12.1 Å². The quantitative estimate of drug-likeness (QED) is 0.907. The van der Waals surface area contributed by atoms with Gasteiger partial charge in [-0.1, -0.05) is 23.7 Å². The normalized spacial score (nSPS) is 11.5. The van der Waals surface area contributed by atoms with Crippen LogP contribution < -0.4 is 10.5 Å². The predicted molar refractivity (Wildman–Crippen MR) is 75.1 cm³/mol. The van der Waals surface area contributed by atoms with Crippen LogP contribution in [0.5, 0.6) is 5.75 Å². The summed E-state index contributed by atoms with van der Waals surface area (Å²) in [5.41, 5.74) is 6.44. The van der Waals surface area contributed by atoms with Crippen molar-refractivity contribution in [2.24, 2.45) is 5.73 Å². The van der Waals surface area contributed by atoms with Gasteiger partial charge in [-0.2, -0.15) is 13.2 Å². The molecule has 0 unspecified atom stereocenters. The highest BCUT2D eigenvalue weighted by Crippen LogP contribution is 2.30. The molecular formula is C15H13ClF3NO. The van der Waals surface area contributed by atoms with Gasteiger partial charge in [0.25, 0.3) is 0 Å². The van der Waals surface area contributed by atoms with Crippen molar-refractivity contribution in [2.45, 2.75) is 19.3 Å². The third-order valence-corrected chi connectivity index (χ3v) is 3.28. The average Bonchev–Trinajstić information content (AvgIpc) is 2.45. The molecule has 2 N–H and O–H groups in total. The molecule has 2 aromatic rings. The van der Waals surface area contributed by atoms with Crippen molar-refractivity contribution in [1.29, 1.82) is 0 Å². The number of hydrogen-bond acceptors (Lipinski definition) is 2. The largest absolute Gasteiger partial charge is 0.489 e. The molecule has 0 amide bonds. The number of benzene rings is 2. The Labute approximate surface area is 125 Å². The van der Waals surface area contributed by atoms with Gasteiger partial charge in [0.15, 0.2) is 0 Å². The topological polar surface area (TPSA) is 35.2 Å². The lowest BCUT2D eigenvalue weighted by atomic mass is 10.1. The molecule has 0 fully saturated rings. The van der Waals surface area contributed by atoms with E-state index >= 15 is 0 Å². The van der Waals surface area contributed by atoms with Crippen LogP contribution in [0.1, 0.15) is 16.7 Å². The number of alkyl halides is 3.